The molecule has 0 bridgehead atoms. The lowest BCUT2D eigenvalue weighted by Gasteiger charge is -2.04. The maximum Gasteiger partial charge on any atom is 0.169 e. The Morgan fingerprint density at radius 2 is 2.23 bits per heavy atom. The van der Waals surface area contributed by atoms with E-state index in [4.69, 9.17) is 17.3 Å². The van der Waals surface area contributed by atoms with Gasteiger partial charge in [-0.15, -0.1) is 0 Å². The second-order valence-corrected chi connectivity index (χ2v) is 3.00. The molecule has 0 saturated carbocycles. The van der Waals surface area contributed by atoms with E-state index in [1.807, 2.05) is 0 Å². The molecule has 0 heterocycles. The van der Waals surface area contributed by atoms with Gasteiger partial charge in [0.2, 0.25) is 0 Å². The van der Waals surface area contributed by atoms with Gasteiger partial charge in [0, 0.05) is 6.42 Å². The van der Waals surface area contributed by atoms with Gasteiger partial charge in [-0.05, 0) is 18.7 Å². The van der Waals surface area contributed by atoms with Crippen LogP contribution in [-0.4, -0.2) is 17.4 Å². The smallest absolute Gasteiger partial charge is 0.169 e. The summed E-state index contributed by atoms with van der Waals surface area (Å²) in [6, 6.07) is 4.57. The quantitative estimate of drug-likeness (QED) is 0.727. The number of aromatic hydroxyl groups is 1. The number of benzene rings is 1. The minimum atomic E-state index is -0.231. The van der Waals surface area contributed by atoms with Gasteiger partial charge in [0.25, 0.3) is 0 Å². The molecule has 0 aromatic heterocycles. The van der Waals surface area contributed by atoms with E-state index >= 15 is 0 Å². The molecule has 13 heavy (non-hydrogen) atoms. The number of ketones is 1. The predicted molar refractivity (Wildman–Crippen MR) is 51.1 cm³/mol. The normalized spacial score (nSPS) is 10.0. The first-order valence-electron chi connectivity index (χ1n) is 3.87. The summed E-state index contributed by atoms with van der Waals surface area (Å²) in [5.74, 6) is -0.323. The van der Waals surface area contributed by atoms with Crippen molar-refractivity contribution in [3.8, 4) is 5.75 Å². The van der Waals surface area contributed by atoms with E-state index in [-0.39, 0.29) is 35.1 Å². The zero-order chi connectivity index (χ0) is 9.84. The third kappa shape index (κ3) is 2.20. The van der Waals surface area contributed by atoms with E-state index < -0.39 is 0 Å². The second kappa shape index (κ2) is 4.25. The molecule has 0 saturated heterocycles. The van der Waals surface area contributed by atoms with Gasteiger partial charge in [0.05, 0.1) is 10.6 Å². The highest BCUT2D eigenvalue weighted by Gasteiger charge is 2.13. The summed E-state index contributed by atoms with van der Waals surface area (Å²) in [6.07, 6.45) is 0.192. The lowest BCUT2D eigenvalue weighted by Crippen LogP contribution is -2.08. The van der Waals surface area contributed by atoms with Crippen LogP contribution in [0.15, 0.2) is 18.2 Å². The molecule has 1 aromatic carbocycles. The molecule has 70 valence electrons. The Morgan fingerprint density at radius 3 is 2.77 bits per heavy atom. The Labute approximate surface area is 81.1 Å². The molecule has 0 amide bonds. The summed E-state index contributed by atoms with van der Waals surface area (Å²) < 4.78 is 0. The molecule has 3 nitrogen and oxygen atoms in total. The zero-order valence-corrected chi connectivity index (χ0v) is 7.71. The summed E-state index contributed by atoms with van der Waals surface area (Å²) in [7, 11) is 0. The Morgan fingerprint density at radius 1 is 1.54 bits per heavy atom. The fourth-order valence-electron chi connectivity index (χ4n) is 1.04. The molecule has 0 atom stereocenters. The van der Waals surface area contributed by atoms with Gasteiger partial charge in [-0.25, -0.2) is 0 Å². The molecule has 0 aliphatic carbocycles. The average molecular weight is 200 g/mol. The Hall–Kier alpha value is -1.06. The van der Waals surface area contributed by atoms with E-state index in [1.165, 1.54) is 6.07 Å². The van der Waals surface area contributed by atoms with Gasteiger partial charge in [-0.3, -0.25) is 4.79 Å². The molecule has 0 radical (unpaired) electrons. The SMILES string of the molecule is NCCC(=O)c1c(O)cccc1Cl. The number of rotatable bonds is 3. The maximum absolute atomic E-state index is 11.4. The van der Waals surface area contributed by atoms with E-state index in [2.05, 4.69) is 0 Å². The van der Waals surface area contributed by atoms with Crippen LogP contribution >= 0.6 is 11.6 Å². The molecule has 0 aliphatic heterocycles. The topological polar surface area (TPSA) is 63.3 Å². The van der Waals surface area contributed by atoms with E-state index in [0.717, 1.165) is 0 Å². The Balaban J connectivity index is 3.05. The van der Waals surface area contributed by atoms with Crippen molar-refractivity contribution in [2.45, 2.75) is 6.42 Å². The number of carbonyl (C=O) groups excluding carboxylic acids is 1. The van der Waals surface area contributed by atoms with Crippen LogP contribution in [0.3, 0.4) is 0 Å². The van der Waals surface area contributed by atoms with Crippen LogP contribution in [0.2, 0.25) is 5.02 Å². The van der Waals surface area contributed by atoms with Crippen molar-refractivity contribution in [3.63, 3.8) is 0 Å². The molecular weight excluding hydrogens is 190 g/mol. The first kappa shape index (κ1) is 10.0. The molecule has 3 N–H and O–H groups in total. The number of halogens is 1. The van der Waals surface area contributed by atoms with Crippen LogP contribution in [0.5, 0.6) is 5.75 Å². The van der Waals surface area contributed by atoms with Crippen molar-refractivity contribution in [1.29, 1.82) is 0 Å². The molecule has 1 rings (SSSR count). The summed E-state index contributed by atoms with van der Waals surface area (Å²) in [5, 5.41) is 9.60. The predicted octanol–water partition coefficient (Wildman–Crippen LogP) is 1.58. The van der Waals surface area contributed by atoms with Gasteiger partial charge in [-0.2, -0.15) is 0 Å². The van der Waals surface area contributed by atoms with E-state index in [0.29, 0.717) is 0 Å². The molecular formula is C9H10ClNO2. The lowest BCUT2D eigenvalue weighted by atomic mass is 10.1. The number of hydrogen-bond acceptors (Lipinski definition) is 3. The van der Waals surface area contributed by atoms with Crippen LogP contribution in [0.4, 0.5) is 0 Å². The highest BCUT2D eigenvalue weighted by molar-refractivity contribution is 6.34. The number of phenolic OH excluding ortho intramolecular Hbond substituents is 1. The molecule has 0 fully saturated rings. The Bertz CT molecular complexity index is 305. The van der Waals surface area contributed by atoms with Crippen molar-refractivity contribution in [3.05, 3.63) is 28.8 Å². The molecule has 1 aromatic rings. The van der Waals surface area contributed by atoms with Crippen LogP contribution in [-0.2, 0) is 0 Å². The summed E-state index contributed by atoms with van der Waals surface area (Å²) >= 11 is 5.74. The highest BCUT2D eigenvalue weighted by atomic mass is 35.5. The van der Waals surface area contributed by atoms with E-state index in [9.17, 15) is 9.90 Å². The monoisotopic (exact) mass is 199 g/mol. The molecule has 0 unspecified atom stereocenters. The van der Waals surface area contributed by atoms with Gasteiger partial charge in [0.1, 0.15) is 5.75 Å². The summed E-state index contributed by atoms with van der Waals surface area (Å²) in [5.41, 5.74) is 5.38. The second-order valence-electron chi connectivity index (χ2n) is 2.60. The standard InChI is InChI=1S/C9H10ClNO2/c10-6-2-1-3-7(12)9(6)8(13)4-5-11/h1-3,12H,4-5,11H2. The van der Waals surface area contributed by atoms with Crippen molar-refractivity contribution in [2.24, 2.45) is 5.73 Å². The first-order valence-corrected chi connectivity index (χ1v) is 4.25. The fourth-order valence-corrected chi connectivity index (χ4v) is 1.32. The molecule has 0 spiro atoms. The third-order valence-electron chi connectivity index (χ3n) is 1.64. The number of carbonyl (C=O) groups is 1. The van der Waals surface area contributed by atoms with Gasteiger partial charge < -0.3 is 10.8 Å². The van der Waals surface area contributed by atoms with Crippen molar-refractivity contribution < 1.29 is 9.90 Å². The largest absolute Gasteiger partial charge is 0.507 e. The van der Waals surface area contributed by atoms with Gasteiger partial charge >= 0.3 is 0 Å². The highest BCUT2D eigenvalue weighted by Crippen LogP contribution is 2.26. The number of phenols is 1. The van der Waals surface area contributed by atoms with Crippen LogP contribution in [0.1, 0.15) is 16.8 Å². The van der Waals surface area contributed by atoms with Gasteiger partial charge in [0.15, 0.2) is 5.78 Å². The maximum atomic E-state index is 11.4. The number of Topliss-reactive ketones (excluding diaryl/α,β-unsaturated/α-hetero) is 1. The van der Waals surface area contributed by atoms with Crippen LogP contribution < -0.4 is 5.73 Å². The fraction of sp³-hybridized carbons (Fsp3) is 0.222. The zero-order valence-electron chi connectivity index (χ0n) is 6.96. The van der Waals surface area contributed by atoms with Crippen molar-refractivity contribution in [2.75, 3.05) is 6.54 Å². The minimum Gasteiger partial charge on any atom is -0.507 e. The van der Waals surface area contributed by atoms with Gasteiger partial charge in [-0.1, -0.05) is 17.7 Å². The van der Waals surface area contributed by atoms with Crippen molar-refractivity contribution >= 4 is 17.4 Å². The number of nitrogens with two attached hydrogens (primary N) is 1. The average Bonchev–Trinajstić information content (AvgIpc) is 2.04. The van der Waals surface area contributed by atoms with E-state index in [1.54, 1.807) is 12.1 Å². The number of hydrogen-bond donors (Lipinski definition) is 2. The molecule has 4 heteroatoms. The van der Waals surface area contributed by atoms with Crippen molar-refractivity contribution in [1.82, 2.24) is 0 Å². The lowest BCUT2D eigenvalue weighted by molar-refractivity contribution is 0.0983. The van der Waals surface area contributed by atoms with Crippen LogP contribution in [0, 0.1) is 0 Å². The minimum absolute atomic E-state index is 0.0917. The Kier molecular flexibility index (Phi) is 3.28. The third-order valence-corrected chi connectivity index (χ3v) is 1.96. The van der Waals surface area contributed by atoms with Crippen LogP contribution in [0.25, 0.3) is 0 Å². The summed E-state index contributed by atoms with van der Waals surface area (Å²) in [6.45, 7) is 0.253. The molecule has 0 aliphatic rings. The summed E-state index contributed by atoms with van der Waals surface area (Å²) in [4.78, 5) is 11.4. The first-order chi connectivity index (χ1) is 6.16.